The standard InChI is InChI=1S/C17H13N3OS/c1-12-5-4-8-13(9-12)16-19-20-17(21-16)22-11-15-7-3-2-6-14(15)10-18/h2-9H,11H2,1H3. The molecule has 0 amide bonds. The van der Waals surface area contributed by atoms with E-state index in [9.17, 15) is 0 Å². The SMILES string of the molecule is Cc1cccc(-c2nnc(SCc3ccccc3C#N)o2)c1. The second-order valence-electron chi connectivity index (χ2n) is 4.80. The fourth-order valence-electron chi connectivity index (χ4n) is 2.06. The summed E-state index contributed by atoms with van der Waals surface area (Å²) in [6.07, 6.45) is 0. The Labute approximate surface area is 132 Å². The molecule has 0 atom stereocenters. The molecule has 0 bridgehead atoms. The van der Waals surface area contributed by atoms with Crippen molar-refractivity contribution >= 4 is 11.8 Å². The van der Waals surface area contributed by atoms with Crippen LogP contribution in [0.1, 0.15) is 16.7 Å². The molecule has 3 rings (SSSR count). The molecule has 0 aliphatic carbocycles. The average molecular weight is 307 g/mol. The van der Waals surface area contributed by atoms with Crippen LogP contribution >= 0.6 is 11.8 Å². The van der Waals surface area contributed by atoms with E-state index < -0.39 is 0 Å². The number of hydrogen-bond donors (Lipinski definition) is 0. The smallest absolute Gasteiger partial charge is 0.277 e. The molecule has 0 aliphatic rings. The van der Waals surface area contributed by atoms with Gasteiger partial charge in [-0.2, -0.15) is 5.26 Å². The van der Waals surface area contributed by atoms with E-state index >= 15 is 0 Å². The van der Waals surface area contributed by atoms with Crippen LogP contribution in [0.15, 0.2) is 58.2 Å². The van der Waals surface area contributed by atoms with Crippen LogP contribution in [-0.2, 0) is 5.75 Å². The fourth-order valence-corrected chi connectivity index (χ4v) is 2.82. The summed E-state index contributed by atoms with van der Waals surface area (Å²) in [5.41, 5.74) is 3.70. The second-order valence-corrected chi connectivity index (χ2v) is 5.73. The number of nitrogens with zero attached hydrogens (tertiary/aromatic N) is 3. The van der Waals surface area contributed by atoms with Gasteiger partial charge in [0.05, 0.1) is 11.6 Å². The molecular weight excluding hydrogens is 294 g/mol. The number of hydrogen-bond acceptors (Lipinski definition) is 5. The van der Waals surface area contributed by atoms with E-state index in [1.54, 1.807) is 0 Å². The Kier molecular flexibility index (Phi) is 4.22. The summed E-state index contributed by atoms with van der Waals surface area (Å²) in [6.45, 7) is 2.02. The van der Waals surface area contributed by atoms with Gasteiger partial charge in [0.15, 0.2) is 0 Å². The van der Waals surface area contributed by atoms with Gasteiger partial charge in [0.25, 0.3) is 5.22 Å². The summed E-state index contributed by atoms with van der Waals surface area (Å²) >= 11 is 1.43. The highest BCUT2D eigenvalue weighted by atomic mass is 32.2. The summed E-state index contributed by atoms with van der Waals surface area (Å²) in [4.78, 5) is 0. The van der Waals surface area contributed by atoms with Crippen LogP contribution in [0.2, 0.25) is 0 Å². The maximum absolute atomic E-state index is 9.08. The summed E-state index contributed by atoms with van der Waals surface area (Å²) in [7, 11) is 0. The van der Waals surface area contributed by atoms with Crippen LogP contribution in [0.25, 0.3) is 11.5 Å². The highest BCUT2D eigenvalue weighted by Gasteiger charge is 2.10. The number of rotatable bonds is 4. The molecular formula is C17H13N3OS. The predicted molar refractivity (Wildman–Crippen MR) is 85.2 cm³/mol. The van der Waals surface area contributed by atoms with Crippen LogP contribution < -0.4 is 0 Å². The van der Waals surface area contributed by atoms with E-state index in [1.807, 2.05) is 55.5 Å². The number of benzene rings is 2. The quantitative estimate of drug-likeness (QED) is 0.676. The monoisotopic (exact) mass is 307 g/mol. The zero-order valence-corrected chi connectivity index (χ0v) is 12.8. The van der Waals surface area contributed by atoms with Crippen LogP contribution in [0.3, 0.4) is 0 Å². The van der Waals surface area contributed by atoms with Crippen LogP contribution in [-0.4, -0.2) is 10.2 Å². The molecule has 4 nitrogen and oxygen atoms in total. The van der Waals surface area contributed by atoms with Gasteiger partial charge in [-0.3, -0.25) is 0 Å². The van der Waals surface area contributed by atoms with Crippen molar-refractivity contribution in [3.8, 4) is 17.5 Å². The maximum Gasteiger partial charge on any atom is 0.277 e. The second kappa shape index (κ2) is 6.46. The minimum Gasteiger partial charge on any atom is -0.411 e. The Morgan fingerprint density at radius 2 is 2.00 bits per heavy atom. The van der Waals surface area contributed by atoms with E-state index in [4.69, 9.17) is 9.68 Å². The lowest BCUT2D eigenvalue weighted by molar-refractivity contribution is 0.466. The molecule has 5 heteroatoms. The van der Waals surface area contributed by atoms with Crippen molar-refractivity contribution < 1.29 is 4.42 Å². The van der Waals surface area contributed by atoms with Crippen LogP contribution in [0.5, 0.6) is 0 Å². The average Bonchev–Trinajstić information content (AvgIpc) is 3.02. The third-order valence-corrected chi connectivity index (χ3v) is 4.03. The molecule has 108 valence electrons. The lowest BCUT2D eigenvalue weighted by Crippen LogP contribution is -1.86. The van der Waals surface area contributed by atoms with Crippen molar-refractivity contribution in [2.75, 3.05) is 0 Å². The number of nitriles is 1. The zero-order valence-electron chi connectivity index (χ0n) is 12.0. The molecule has 0 saturated heterocycles. The van der Waals surface area contributed by atoms with Crippen molar-refractivity contribution in [3.05, 3.63) is 65.2 Å². The van der Waals surface area contributed by atoms with Gasteiger partial charge in [0, 0.05) is 11.3 Å². The predicted octanol–water partition coefficient (Wildman–Crippen LogP) is 4.21. The Morgan fingerprint density at radius 3 is 2.82 bits per heavy atom. The molecule has 1 heterocycles. The molecule has 1 aromatic heterocycles. The molecule has 0 fully saturated rings. The highest BCUT2D eigenvalue weighted by molar-refractivity contribution is 7.98. The topological polar surface area (TPSA) is 62.7 Å². The summed E-state index contributed by atoms with van der Waals surface area (Å²) in [6, 6.07) is 17.6. The zero-order chi connectivity index (χ0) is 15.4. The lowest BCUT2D eigenvalue weighted by Gasteiger charge is -2.00. The highest BCUT2D eigenvalue weighted by Crippen LogP contribution is 2.26. The van der Waals surface area contributed by atoms with Gasteiger partial charge in [-0.05, 0) is 30.7 Å². The third-order valence-electron chi connectivity index (χ3n) is 3.16. The number of aryl methyl sites for hydroxylation is 1. The first-order valence-electron chi connectivity index (χ1n) is 6.77. The van der Waals surface area contributed by atoms with E-state index in [1.165, 1.54) is 11.8 Å². The van der Waals surface area contributed by atoms with Gasteiger partial charge in [-0.15, -0.1) is 10.2 Å². The first kappa shape index (κ1) is 14.4. The first-order valence-corrected chi connectivity index (χ1v) is 7.76. The van der Waals surface area contributed by atoms with Crippen molar-refractivity contribution in [2.24, 2.45) is 0 Å². The fraction of sp³-hybridized carbons (Fsp3) is 0.118. The minimum atomic E-state index is 0.504. The molecule has 0 saturated carbocycles. The first-order chi connectivity index (χ1) is 10.8. The van der Waals surface area contributed by atoms with Crippen molar-refractivity contribution in [1.82, 2.24) is 10.2 Å². The van der Waals surface area contributed by atoms with Crippen LogP contribution in [0.4, 0.5) is 0 Å². The summed E-state index contributed by atoms with van der Waals surface area (Å²) in [5.74, 6) is 1.14. The largest absolute Gasteiger partial charge is 0.411 e. The molecule has 0 spiro atoms. The maximum atomic E-state index is 9.08. The molecule has 22 heavy (non-hydrogen) atoms. The van der Waals surface area contributed by atoms with Gasteiger partial charge in [-0.1, -0.05) is 47.7 Å². The van der Waals surface area contributed by atoms with E-state index in [0.29, 0.717) is 22.4 Å². The summed E-state index contributed by atoms with van der Waals surface area (Å²) < 4.78 is 5.68. The van der Waals surface area contributed by atoms with E-state index in [-0.39, 0.29) is 0 Å². The van der Waals surface area contributed by atoms with Crippen molar-refractivity contribution in [1.29, 1.82) is 5.26 Å². The summed E-state index contributed by atoms with van der Waals surface area (Å²) in [5, 5.41) is 17.7. The molecule has 0 aliphatic heterocycles. The molecule has 0 radical (unpaired) electrons. The van der Waals surface area contributed by atoms with Gasteiger partial charge >= 0.3 is 0 Å². The number of thioether (sulfide) groups is 1. The Morgan fingerprint density at radius 1 is 1.14 bits per heavy atom. The van der Waals surface area contributed by atoms with Crippen molar-refractivity contribution in [3.63, 3.8) is 0 Å². The minimum absolute atomic E-state index is 0.504. The van der Waals surface area contributed by atoms with E-state index in [2.05, 4.69) is 16.3 Å². The molecule has 3 aromatic rings. The van der Waals surface area contributed by atoms with Gasteiger partial charge in [0.2, 0.25) is 5.89 Å². The molecule has 0 unspecified atom stereocenters. The van der Waals surface area contributed by atoms with Gasteiger partial charge < -0.3 is 4.42 Å². The number of aromatic nitrogens is 2. The normalized spacial score (nSPS) is 10.4. The third kappa shape index (κ3) is 3.18. The Bertz CT molecular complexity index is 836. The van der Waals surface area contributed by atoms with Gasteiger partial charge in [-0.25, -0.2) is 0 Å². The van der Waals surface area contributed by atoms with Crippen LogP contribution in [0, 0.1) is 18.3 Å². The van der Waals surface area contributed by atoms with Crippen molar-refractivity contribution in [2.45, 2.75) is 17.9 Å². The molecule has 0 N–H and O–H groups in total. The van der Waals surface area contributed by atoms with Gasteiger partial charge in [0.1, 0.15) is 0 Å². The Hall–Kier alpha value is -2.58. The Balaban J connectivity index is 1.74. The molecule has 2 aromatic carbocycles. The van der Waals surface area contributed by atoms with E-state index in [0.717, 1.165) is 16.7 Å². The lowest BCUT2D eigenvalue weighted by atomic mass is 10.1.